The lowest BCUT2D eigenvalue weighted by molar-refractivity contribution is -0.131. The number of carbonyl (C=O) groups is 3. The first kappa shape index (κ1) is 32.2. The fraction of sp³-hybridized carbons (Fsp3) is 0.531. The van der Waals surface area contributed by atoms with Gasteiger partial charge in [-0.25, -0.2) is 14.8 Å². The molecule has 2 aliphatic rings. The van der Waals surface area contributed by atoms with E-state index in [1.807, 2.05) is 30.3 Å². The highest BCUT2D eigenvalue weighted by Crippen LogP contribution is 2.30. The Hall–Kier alpha value is -4.23. The number of nitrogens with zero attached hydrogens (tertiary/aromatic N) is 3. The first-order valence-corrected chi connectivity index (χ1v) is 15.9. The SMILES string of the molecule is O=C(NC(CC1CCCCC1)C(O)c1ncc[nH]1)C(Cc1cnc[nH]1)NC(=O)C(Cc1ccccc1)NC(=O)N1CCOCC1. The zero-order valence-electron chi connectivity index (χ0n) is 25.5. The smallest absolute Gasteiger partial charge is 0.318 e. The molecule has 13 heteroatoms. The lowest BCUT2D eigenvalue weighted by atomic mass is 9.83. The molecule has 2 fully saturated rings. The second kappa shape index (κ2) is 16.2. The van der Waals surface area contributed by atoms with E-state index < -0.39 is 36.0 Å². The van der Waals surface area contributed by atoms with Gasteiger partial charge in [-0.1, -0.05) is 62.4 Å². The average molecular weight is 621 g/mol. The number of imidazole rings is 2. The number of aromatic amines is 2. The first-order chi connectivity index (χ1) is 22.0. The molecule has 5 rings (SSSR count). The molecule has 2 aromatic heterocycles. The quantitative estimate of drug-likeness (QED) is 0.169. The summed E-state index contributed by atoms with van der Waals surface area (Å²) < 4.78 is 5.37. The Labute approximate surface area is 262 Å². The summed E-state index contributed by atoms with van der Waals surface area (Å²) in [6, 6.07) is 6.49. The lowest BCUT2D eigenvalue weighted by Crippen LogP contribution is -2.58. The molecule has 4 amide bonds. The predicted molar refractivity (Wildman–Crippen MR) is 166 cm³/mol. The van der Waals surface area contributed by atoms with Crippen molar-refractivity contribution in [2.75, 3.05) is 26.3 Å². The number of morpholine rings is 1. The van der Waals surface area contributed by atoms with Gasteiger partial charge >= 0.3 is 6.03 Å². The molecule has 3 heterocycles. The molecule has 1 aliphatic carbocycles. The second-order valence-corrected chi connectivity index (χ2v) is 11.9. The van der Waals surface area contributed by atoms with Crippen molar-refractivity contribution in [3.63, 3.8) is 0 Å². The zero-order valence-corrected chi connectivity index (χ0v) is 25.5. The molecule has 0 spiro atoms. The molecule has 0 bridgehead atoms. The van der Waals surface area contributed by atoms with Gasteiger partial charge in [0.1, 0.15) is 24.0 Å². The van der Waals surface area contributed by atoms with Crippen LogP contribution in [0.3, 0.4) is 0 Å². The molecule has 1 aliphatic heterocycles. The molecule has 1 saturated heterocycles. The summed E-state index contributed by atoms with van der Waals surface area (Å²) in [5.74, 6) is -0.197. The van der Waals surface area contributed by atoms with E-state index in [0.29, 0.717) is 50.2 Å². The topological polar surface area (TPSA) is 177 Å². The number of benzene rings is 1. The van der Waals surface area contributed by atoms with Gasteiger partial charge in [0.2, 0.25) is 11.8 Å². The van der Waals surface area contributed by atoms with Crippen LogP contribution in [0, 0.1) is 5.92 Å². The van der Waals surface area contributed by atoms with Crippen LogP contribution in [0.5, 0.6) is 0 Å². The number of ether oxygens (including phenoxy) is 1. The summed E-state index contributed by atoms with van der Waals surface area (Å²) >= 11 is 0. The number of urea groups is 1. The molecule has 4 unspecified atom stereocenters. The van der Waals surface area contributed by atoms with Gasteiger partial charge in [-0.05, 0) is 17.9 Å². The van der Waals surface area contributed by atoms with E-state index in [1.165, 1.54) is 12.7 Å². The van der Waals surface area contributed by atoms with E-state index in [-0.39, 0.29) is 18.9 Å². The van der Waals surface area contributed by atoms with Gasteiger partial charge in [0.05, 0.1) is 25.6 Å². The molecular weight excluding hydrogens is 576 g/mol. The van der Waals surface area contributed by atoms with Crippen LogP contribution in [0.1, 0.15) is 61.7 Å². The maximum Gasteiger partial charge on any atom is 0.318 e. The Morgan fingerprint density at radius 2 is 1.69 bits per heavy atom. The molecule has 242 valence electrons. The van der Waals surface area contributed by atoms with Crippen molar-refractivity contribution in [2.24, 2.45) is 5.92 Å². The van der Waals surface area contributed by atoms with E-state index in [2.05, 4.69) is 35.9 Å². The monoisotopic (exact) mass is 620 g/mol. The number of carbonyl (C=O) groups excluding carboxylic acids is 3. The number of H-pyrrole nitrogens is 2. The number of aliphatic hydroxyl groups excluding tert-OH is 1. The van der Waals surface area contributed by atoms with Crippen LogP contribution in [0.15, 0.2) is 55.2 Å². The number of nitrogens with one attached hydrogen (secondary N) is 5. The van der Waals surface area contributed by atoms with Gasteiger partial charge < -0.3 is 40.7 Å². The molecule has 6 N–H and O–H groups in total. The molecule has 4 atom stereocenters. The van der Waals surface area contributed by atoms with Gasteiger partial charge in [-0.15, -0.1) is 0 Å². The number of aliphatic hydroxyl groups is 1. The van der Waals surface area contributed by atoms with E-state index in [4.69, 9.17) is 4.74 Å². The number of rotatable bonds is 13. The minimum absolute atomic E-state index is 0.139. The fourth-order valence-electron chi connectivity index (χ4n) is 6.13. The summed E-state index contributed by atoms with van der Waals surface area (Å²) in [5, 5.41) is 20.1. The van der Waals surface area contributed by atoms with Crippen LogP contribution in [0.4, 0.5) is 4.79 Å². The summed E-state index contributed by atoms with van der Waals surface area (Å²) in [7, 11) is 0. The van der Waals surface area contributed by atoms with E-state index in [9.17, 15) is 19.5 Å². The maximum atomic E-state index is 14.0. The highest BCUT2D eigenvalue weighted by molar-refractivity contribution is 5.92. The fourth-order valence-corrected chi connectivity index (χ4v) is 6.13. The van der Waals surface area contributed by atoms with Crippen LogP contribution in [-0.4, -0.2) is 92.2 Å². The van der Waals surface area contributed by atoms with Gasteiger partial charge in [0, 0.05) is 50.2 Å². The Morgan fingerprint density at radius 3 is 2.38 bits per heavy atom. The highest BCUT2D eigenvalue weighted by Gasteiger charge is 2.33. The summed E-state index contributed by atoms with van der Waals surface area (Å²) in [4.78, 5) is 56.9. The van der Waals surface area contributed by atoms with E-state index >= 15 is 0 Å². The van der Waals surface area contributed by atoms with Crippen LogP contribution in [-0.2, 0) is 27.2 Å². The second-order valence-electron chi connectivity index (χ2n) is 11.9. The third kappa shape index (κ3) is 9.38. The van der Waals surface area contributed by atoms with Crippen molar-refractivity contribution in [2.45, 2.75) is 75.6 Å². The van der Waals surface area contributed by atoms with Gasteiger partial charge in [-0.2, -0.15) is 0 Å². The molecular formula is C32H44N8O5. The van der Waals surface area contributed by atoms with Gasteiger partial charge in [0.25, 0.3) is 0 Å². The number of hydrogen-bond donors (Lipinski definition) is 6. The standard InChI is InChI=1S/C32H44N8O5/c41-28(29-34-11-12-35-29)25(17-22-7-3-1-4-8-22)37-31(43)27(19-24-20-33-21-36-24)38-30(42)26(18-23-9-5-2-6-10-23)39-32(44)40-13-15-45-16-14-40/h2,5-6,9-12,20-22,25-28,41H,1,3-4,7-8,13-19H2,(H,33,36)(H,34,35)(H,37,43)(H,38,42)(H,39,44). The molecule has 3 aromatic rings. The number of hydrogen-bond acceptors (Lipinski definition) is 7. The van der Waals surface area contributed by atoms with E-state index in [1.54, 1.807) is 23.5 Å². The normalized spacial score (nSPS) is 18.4. The first-order valence-electron chi connectivity index (χ1n) is 15.9. The minimum atomic E-state index is -1.05. The number of amides is 4. The van der Waals surface area contributed by atoms with Crippen LogP contribution >= 0.6 is 0 Å². The molecule has 1 saturated carbocycles. The molecule has 0 radical (unpaired) electrons. The Kier molecular flexibility index (Phi) is 11.6. The van der Waals surface area contributed by atoms with Crippen molar-refractivity contribution >= 4 is 17.8 Å². The van der Waals surface area contributed by atoms with Gasteiger partial charge in [0.15, 0.2) is 0 Å². The molecule has 13 nitrogen and oxygen atoms in total. The zero-order chi connectivity index (χ0) is 31.4. The van der Waals surface area contributed by atoms with Crippen LogP contribution in [0.2, 0.25) is 0 Å². The summed E-state index contributed by atoms with van der Waals surface area (Å²) in [5.41, 5.74) is 1.52. The third-order valence-electron chi connectivity index (χ3n) is 8.63. The predicted octanol–water partition coefficient (Wildman–Crippen LogP) is 2.00. The molecule has 45 heavy (non-hydrogen) atoms. The van der Waals surface area contributed by atoms with Gasteiger partial charge in [-0.3, -0.25) is 9.59 Å². The molecule has 1 aromatic carbocycles. The summed E-state index contributed by atoms with van der Waals surface area (Å²) in [6.07, 6.45) is 11.8. The van der Waals surface area contributed by atoms with Crippen molar-refractivity contribution in [1.29, 1.82) is 0 Å². The minimum Gasteiger partial charge on any atom is -0.383 e. The maximum absolute atomic E-state index is 14.0. The average Bonchev–Trinajstić information content (AvgIpc) is 3.80. The van der Waals surface area contributed by atoms with Crippen molar-refractivity contribution in [3.05, 3.63) is 72.3 Å². The van der Waals surface area contributed by atoms with Crippen molar-refractivity contribution in [1.82, 2.24) is 40.8 Å². The van der Waals surface area contributed by atoms with Crippen LogP contribution < -0.4 is 16.0 Å². The van der Waals surface area contributed by atoms with E-state index in [0.717, 1.165) is 31.2 Å². The Morgan fingerprint density at radius 1 is 0.956 bits per heavy atom. The number of aromatic nitrogens is 4. The van der Waals surface area contributed by atoms with Crippen molar-refractivity contribution in [3.8, 4) is 0 Å². The Balaban J connectivity index is 1.34. The Bertz CT molecular complexity index is 1320. The van der Waals surface area contributed by atoms with Crippen molar-refractivity contribution < 1.29 is 24.2 Å². The largest absolute Gasteiger partial charge is 0.383 e. The third-order valence-corrected chi connectivity index (χ3v) is 8.63. The van der Waals surface area contributed by atoms with Crippen LogP contribution in [0.25, 0.3) is 0 Å². The lowest BCUT2D eigenvalue weighted by Gasteiger charge is -2.31. The highest BCUT2D eigenvalue weighted by atomic mass is 16.5. The summed E-state index contributed by atoms with van der Waals surface area (Å²) in [6.45, 7) is 1.72.